The summed E-state index contributed by atoms with van der Waals surface area (Å²) in [6, 6.07) is 7.31. The van der Waals surface area contributed by atoms with Crippen molar-refractivity contribution in [3.8, 4) is 0 Å². The molecule has 3 aromatic rings. The van der Waals surface area contributed by atoms with Crippen molar-refractivity contribution in [3.05, 3.63) is 30.1 Å². The molecule has 0 aliphatic rings. The number of nitrogens with two attached hydrogens (primary N) is 1. The van der Waals surface area contributed by atoms with E-state index in [9.17, 15) is 5.11 Å². The van der Waals surface area contributed by atoms with E-state index < -0.39 is 25.6 Å². The van der Waals surface area contributed by atoms with Crippen LogP contribution in [0.5, 0.6) is 0 Å². The highest BCUT2D eigenvalue weighted by Crippen LogP contribution is 2.30. The maximum atomic E-state index is 10.4. The summed E-state index contributed by atoms with van der Waals surface area (Å²) in [5.41, 5.74) is 6.60. The molecule has 6 nitrogen and oxygen atoms in total. The normalized spacial score (nSPS) is 16.7. The van der Waals surface area contributed by atoms with Crippen LogP contribution < -0.4 is 5.73 Å². The van der Waals surface area contributed by atoms with Crippen molar-refractivity contribution in [2.24, 2.45) is 0 Å². The molecule has 2 heterocycles. The maximum absolute atomic E-state index is 10.4. The number of aromatic nitrogens is 3. The van der Waals surface area contributed by atoms with Crippen LogP contribution in [0.1, 0.15) is 33.4 Å². The molecule has 0 spiro atoms. The first-order valence-electron chi connectivity index (χ1n) is 9.70. The Kier molecular flexibility index (Phi) is 2.66. The van der Waals surface area contributed by atoms with Gasteiger partial charge in [0.1, 0.15) is 17.9 Å². The molecule has 0 aliphatic heterocycles. The average Bonchev–Trinajstić information content (AvgIpc) is 2.90. The molecule has 0 amide bonds. The van der Waals surface area contributed by atoms with Crippen LogP contribution in [0.4, 0.5) is 5.82 Å². The standard InChI is InChI=1S/C17H22N4O2/c1-4-23-9-13-20-14-15(21(13)10-17(2,3)22)11-7-5-6-8-12(11)19-16(14)18/h5-8,22H,4,9-10H2,1-3H3,(H2,18,19)/i1D3,4D2. The quantitative estimate of drug-likeness (QED) is 0.754. The molecule has 0 saturated carbocycles. The Hall–Kier alpha value is -2.18. The van der Waals surface area contributed by atoms with Gasteiger partial charge in [-0.2, -0.15) is 0 Å². The fraction of sp³-hybridized carbons (Fsp3) is 0.412. The number of nitrogen functional groups attached to an aromatic ring is 1. The van der Waals surface area contributed by atoms with E-state index in [-0.39, 0.29) is 18.2 Å². The first-order valence-corrected chi connectivity index (χ1v) is 7.20. The molecule has 23 heavy (non-hydrogen) atoms. The second-order valence-electron chi connectivity index (χ2n) is 6.03. The summed E-state index contributed by atoms with van der Waals surface area (Å²) < 4.78 is 43.9. The summed E-state index contributed by atoms with van der Waals surface area (Å²) in [6.07, 6.45) is 0. The van der Waals surface area contributed by atoms with Crippen LogP contribution in [-0.4, -0.2) is 31.8 Å². The molecule has 0 unspecified atom stereocenters. The summed E-state index contributed by atoms with van der Waals surface area (Å²) >= 11 is 0. The number of imidazole rings is 1. The van der Waals surface area contributed by atoms with Gasteiger partial charge >= 0.3 is 0 Å². The van der Waals surface area contributed by atoms with Crippen LogP contribution in [0.15, 0.2) is 24.3 Å². The van der Waals surface area contributed by atoms with Crippen molar-refractivity contribution >= 4 is 27.8 Å². The minimum Gasteiger partial charge on any atom is -0.389 e. The summed E-state index contributed by atoms with van der Waals surface area (Å²) in [7, 11) is 0. The van der Waals surface area contributed by atoms with E-state index in [0.29, 0.717) is 16.6 Å². The molecule has 0 bridgehead atoms. The van der Waals surface area contributed by atoms with Crippen molar-refractivity contribution in [3.63, 3.8) is 0 Å². The number of rotatable bonds is 5. The molecular formula is C17H22N4O2. The lowest BCUT2D eigenvalue weighted by Gasteiger charge is -2.20. The number of benzene rings is 1. The molecule has 0 saturated heterocycles. The molecule has 0 fully saturated rings. The number of anilines is 1. The number of aliphatic hydroxyl groups is 1. The van der Waals surface area contributed by atoms with Gasteiger partial charge in [-0.15, -0.1) is 0 Å². The zero-order chi connectivity index (χ0) is 20.9. The Bertz CT molecular complexity index is 1020. The van der Waals surface area contributed by atoms with Crippen LogP contribution in [0.25, 0.3) is 21.9 Å². The van der Waals surface area contributed by atoms with Crippen LogP contribution in [0, 0.1) is 0 Å². The van der Waals surface area contributed by atoms with Crippen molar-refractivity contribution in [1.29, 1.82) is 0 Å². The Morgan fingerprint density at radius 1 is 1.39 bits per heavy atom. The number of pyridine rings is 1. The minimum atomic E-state index is -2.95. The summed E-state index contributed by atoms with van der Waals surface area (Å²) in [5.74, 6) is 0.429. The van der Waals surface area contributed by atoms with Gasteiger partial charge in [-0.05, 0) is 26.8 Å². The van der Waals surface area contributed by atoms with Gasteiger partial charge in [0.2, 0.25) is 0 Å². The highest BCUT2D eigenvalue weighted by molar-refractivity contribution is 6.06. The smallest absolute Gasteiger partial charge is 0.152 e. The molecule has 2 aromatic heterocycles. The number of ether oxygens (including phenoxy) is 1. The largest absolute Gasteiger partial charge is 0.389 e. The zero-order valence-electron chi connectivity index (χ0n) is 18.0. The zero-order valence-corrected chi connectivity index (χ0v) is 13.0. The molecule has 3 rings (SSSR count). The van der Waals surface area contributed by atoms with Crippen LogP contribution in [-0.2, 0) is 17.9 Å². The van der Waals surface area contributed by atoms with Gasteiger partial charge in [-0.25, -0.2) is 9.97 Å². The molecule has 122 valence electrons. The van der Waals surface area contributed by atoms with Crippen LogP contribution in [0.3, 0.4) is 0 Å². The molecule has 1 aromatic carbocycles. The minimum absolute atomic E-state index is 0.117. The Labute approximate surface area is 141 Å². The van der Waals surface area contributed by atoms with Crippen molar-refractivity contribution in [2.45, 2.75) is 39.5 Å². The third-order valence-corrected chi connectivity index (χ3v) is 3.51. The Balaban J connectivity index is 2.18. The lowest BCUT2D eigenvalue weighted by molar-refractivity contribution is 0.0582. The predicted molar refractivity (Wildman–Crippen MR) is 91.1 cm³/mol. The van der Waals surface area contributed by atoms with Gasteiger partial charge in [-0.1, -0.05) is 18.2 Å². The highest BCUT2D eigenvalue weighted by Gasteiger charge is 2.22. The van der Waals surface area contributed by atoms with E-state index in [1.54, 1.807) is 24.5 Å². The topological polar surface area (TPSA) is 86.2 Å². The summed E-state index contributed by atoms with van der Waals surface area (Å²) in [5, 5.41) is 11.1. The predicted octanol–water partition coefficient (Wildman–Crippen LogP) is 2.47. The molecule has 6 heteroatoms. The number of hydrogen-bond acceptors (Lipinski definition) is 5. The van der Waals surface area contributed by atoms with Gasteiger partial charge in [-0.3, -0.25) is 0 Å². The summed E-state index contributed by atoms with van der Waals surface area (Å²) in [6.45, 7) is -2.85. The Morgan fingerprint density at radius 3 is 2.91 bits per heavy atom. The monoisotopic (exact) mass is 319 g/mol. The van der Waals surface area contributed by atoms with Crippen LogP contribution >= 0.6 is 0 Å². The number of fused-ring (bicyclic) bond motifs is 3. The van der Waals surface area contributed by atoms with E-state index in [1.807, 2.05) is 18.2 Å². The first-order chi connectivity index (χ1) is 12.8. The lowest BCUT2D eigenvalue weighted by Crippen LogP contribution is -2.27. The van der Waals surface area contributed by atoms with Crippen LogP contribution in [0.2, 0.25) is 0 Å². The average molecular weight is 319 g/mol. The van der Waals surface area contributed by atoms with Gasteiger partial charge in [0, 0.05) is 16.1 Å². The SMILES string of the molecule is [2H]C([2H])([2H])C([2H])([2H])OCc1nc2c(N)nc3ccccc3c2n1CC(C)(C)O. The van der Waals surface area contributed by atoms with Crippen molar-refractivity contribution in [1.82, 2.24) is 14.5 Å². The molecule has 0 atom stereocenters. The number of nitrogens with zero attached hydrogens (tertiary/aromatic N) is 3. The van der Waals surface area contributed by atoms with Gasteiger partial charge in [0.15, 0.2) is 5.82 Å². The second-order valence-corrected chi connectivity index (χ2v) is 6.03. The molecule has 0 aliphatic carbocycles. The van der Waals surface area contributed by atoms with Gasteiger partial charge in [0.05, 0.1) is 25.9 Å². The van der Waals surface area contributed by atoms with Crippen molar-refractivity contribution in [2.75, 3.05) is 12.3 Å². The lowest BCUT2D eigenvalue weighted by atomic mass is 10.1. The third kappa shape index (κ3) is 3.00. The Morgan fingerprint density at radius 2 is 2.17 bits per heavy atom. The van der Waals surface area contributed by atoms with E-state index in [0.717, 1.165) is 5.39 Å². The maximum Gasteiger partial charge on any atom is 0.152 e. The third-order valence-electron chi connectivity index (χ3n) is 3.51. The van der Waals surface area contributed by atoms with Gasteiger partial charge < -0.3 is 20.1 Å². The number of hydrogen-bond donors (Lipinski definition) is 2. The fourth-order valence-electron chi connectivity index (χ4n) is 2.67. The van der Waals surface area contributed by atoms with E-state index in [1.165, 1.54) is 0 Å². The summed E-state index contributed by atoms with van der Waals surface area (Å²) in [4.78, 5) is 8.76. The fourth-order valence-corrected chi connectivity index (χ4v) is 2.67. The first kappa shape index (κ1) is 10.6. The number of para-hydroxylation sites is 1. The molecule has 0 radical (unpaired) electrons. The highest BCUT2D eigenvalue weighted by atomic mass is 16.5. The second kappa shape index (κ2) is 5.79. The van der Waals surface area contributed by atoms with Crippen molar-refractivity contribution < 1.29 is 16.7 Å². The van der Waals surface area contributed by atoms with E-state index in [4.69, 9.17) is 17.3 Å². The molecular weight excluding hydrogens is 292 g/mol. The van der Waals surface area contributed by atoms with E-state index in [2.05, 4.69) is 9.97 Å². The van der Waals surface area contributed by atoms with E-state index >= 15 is 0 Å². The van der Waals surface area contributed by atoms with Gasteiger partial charge in [0.25, 0.3) is 0 Å². The molecule has 3 N–H and O–H groups in total.